The number of carbonyl (C=O) groups excluding carboxylic acids is 2. The van der Waals surface area contributed by atoms with Gasteiger partial charge in [-0.05, 0) is 31.0 Å². The molecule has 1 N–H and O–H groups in total. The lowest BCUT2D eigenvalue weighted by molar-refractivity contribution is -0.122. The van der Waals surface area contributed by atoms with E-state index in [-0.39, 0.29) is 29.2 Å². The van der Waals surface area contributed by atoms with Crippen LogP contribution in [-0.2, 0) is 20.3 Å². The second-order valence-corrected chi connectivity index (χ2v) is 10.1. The van der Waals surface area contributed by atoms with Crippen molar-refractivity contribution in [2.24, 2.45) is 11.3 Å². The summed E-state index contributed by atoms with van der Waals surface area (Å²) in [7, 11) is -0.706. The van der Waals surface area contributed by atoms with E-state index in [1.165, 1.54) is 11.0 Å². The van der Waals surface area contributed by atoms with Crippen molar-refractivity contribution >= 4 is 34.2 Å². The molecule has 4 fully saturated rings. The third kappa shape index (κ3) is 3.60. The number of ether oxygens (including phenoxy) is 1. The van der Waals surface area contributed by atoms with Crippen molar-refractivity contribution in [3.05, 3.63) is 24.0 Å². The first-order chi connectivity index (χ1) is 13.9. The first-order valence-electron chi connectivity index (χ1n) is 10.1. The van der Waals surface area contributed by atoms with E-state index in [1.807, 2.05) is 4.90 Å². The van der Waals surface area contributed by atoms with Crippen LogP contribution in [0.1, 0.15) is 19.3 Å². The SMILES string of the molecule is O=C(NCC[C@H]1CN(c2ccc(N3CC4(C3)CS(=O)C4)c(F)c2)C(=O)O1)C1CC1. The Morgan fingerprint density at radius 2 is 2.07 bits per heavy atom. The van der Waals surface area contributed by atoms with Gasteiger partial charge in [0.2, 0.25) is 5.91 Å². The zero-order valence-electron chi connectivity index (χ0n) is 16.1. The van der Waals surface area contributed by atoms with Crippen molar-refractivity contribution in [2.45, 2.75) is 25.4 Å². The van der Waals surface area contributed by atoms with Gasteiger partial charge >= 0.3 is 6.09 Å². The summed E-state index contributed by atoms with van der Waals surface area (Å²) >= 11 is 0. The smallest absolute Gasteiger partial charge is 0.414 e. The van der Waals surface area contributed by atoms with E-state index < -0.39 is 16.9 Å². The number of anilines is 2. The maximum atomic E-state index is 14.7. The number of cyclic esters (lactones) is 1. The highest BCUT2D eigenvalue weighted by Gasteiger charge is 2.52. The highest BCUT2D eigenvalue weighted by Crippen LogP contribution is 2.43. The number of carbonyl (C=O) groups is 2. The Kier molecular flexibility index (Phi) is 4.53. The van der Waals surface area contributed by atoms with Gasteiger partial charge in [-0.1, -0.05) is 0 Å². The molecule has 1 spiro atoms. The summed E-state index contributed by atoms with van der Waals surface area (Å²) in [4.78, 5) is 27.3. The highest BCUT2D eigenvalue weighted by atomic mass is 32.2. The second kappa shape index (κ2) is 6.97. The topological polar surface area (TPSA) is 79.0 Å². The number of nitrogens with zero attached hydrogens (tertiary/aromatic N) is 2. The maximum absolute atomic E-state index is 14.7. The fourth-order valence-corrected chi connectivity index (χ4v) is 6.05. The molecule has 9 heteroatoms. The molecule has 7 nitrogen and oxygen atoms in total. The first-order valence-corrected chi connectivity index (χ1v) is 11.6. The number of amides is 2. The lowest BCUT2D eigenvalue weighted by Crippen LogP contribution is -2.67. The van der Waals surface area contributed by atoms with Gasteiger partial charge in [-0.3, -0.25) is 13.9 Å². The van der Waals surface area contributed by atoms with Crippen molar-refractivity contribution in [1.82, 2.24) is 5.32 Å². The summed E-state index contributed by atoms with van der Waals surface area (Å²) in [6.07, 6.45) is 1.64. The molecule has 0 aromatic heterocycles. The third-order valence-corrected chi connectivity index (χ3v) is 8.03. The molecule has 0 radical (unpaired) electrons. The predicted octanol–water partition coefficient (Wildman–Crippen LogP) is 1.64. The summed E-state index contributed by atoms with van der Waals surface area (Å²) in [5, 5.41) is 2.87. The molecule has 0 unspecified atom stereocenters. The third-order valence-electron chi connectivity index (χ3n) is 6.16. The molecule has 2 amide bonds. The fraction of sp³-hybridized carbons (Fsp3) is 0.600. The molecular weight excluding hydrogens is 397 g/mol. The standard InChI is InChI=1S/C20H24FN3O4S/c21-16-7-14(3-4-17(16)23-9-20(10-23)11-29(27)12-20)24-8-15(28-19(24)26)5-6-22-18(25)13-1-2-13/h3-4,7,13,15H,1-2,5-6,8-12H2,(H,22,25)/t15-/m0/s1. The number of benzene rings is 1. The fourth-order valence-electron chi connectivity index (χ4n) is 4.41. The summed E-state index contributed by atoms with van der Waals surface area (Å²) in [5.41, 5.74) is 1.10. The number of rotatable bonds is 6. The number of hydrogen-bond acceptors (Lipinski definition) is 5. The van der Waals surface area contributed by atoms with Gasteiger partial charge in [0.1, 0.15) is 11.9 Å². The Morgan fingerprint density at radius 3 is 2.72 bits per heavy atom. The molecule has 3 aliphatic heterocycles. The van der Waals surface area contributed by atoms with Crippen LogP contribution in [0.5, 0.6) is 0 Å². The van der Waals surface area contributed by atoms with Crippen LogP contribution in [0.3, 0.4) is 0 Å². The van der Waals surface area contributed by atoms with E-state index >= 15 is 0 Å². The monoisotopic (exact) mass is 421 g/mol. The average Bonchev–Trinajstić information content (AvgIpc) is 3.41. The molecule has 3 saturated heterocycles. The van der Waals surface area contributed by atoms with Crippen LogP contribution in [-0.4, -0.2) is 60.0 Å². The van der Waals surface area contributed by atoms with Crippen molar-refractivity contribution in [3.8, 4) is 0 Å². The summed E-state index contributed by atoms with van der Waals surface area (Å²) in [6.45, 7) is 2.27. The molecule has 3 heterocycles. The molecule has 1 aliphatic carbocycles. The second-order valence-electron chi connectivity index (χ2n) is 8.69. The van der Waals surface area contributed by atoms with E-state index in [0.29, 0.717) is 42.4 Å². The van der Waals surface area contributed by atoms with Gasteiger partial charge in [0.05, 0.1) is 17.9 Å². The number of hydrogen-bond donors (Lipinski definition) is 1. The lowest BCUT2D eigenvalue weighted by Gasteiger charge is -2.55. The van der Waals surface area contributed by atoms with E-state index in [1.54, 1.807) is 12.1 Å². The lowest BCUT2D eigenvalue weighted by atomic mass is 9.82. The van der Waals surface area contributed by atoms with Crippen LogP contribution in [0.15, 0.2) is 18.2 Å². The van der Waals surface area contributed by atoms with E-state index in [4.69, 9.17) is 4.74 Å². The van der Waals surface area contributed by atoms with Crippen molar-refractivity contribution in [3.63, 3.8) is 0 Å². The van der Waals surface area contributed by atoms with E-state index in [2.05, 4.69) is 5.32 Å². The normalized spacial score (nSPS) is 25.6. The largest absolute Gasteiger partial charge is 0.444 e. The summed E-state index contributed by atoms with van der Waals surface area (Å²) < 4.78 is 31.4. The summed E-state index contributed by atoms with van der Waals surface area (Å²) in [5.74, 6) is 1.29. The van der Waals surface area contributed by atoms with Crippen molar-refractivity contribution in [2.75, 3.05) is 47.5 Å². The molecule has 0 bridgehead atoms. The predicted molar refractivity (Wildman–Crippen MR) is 107 cm³/mol. The molecule has 5 rings (SSSR count). The Balaban J connectivity index is 1.16. The van der Waals surface area contributed by atoms with Crippen molar-refractivity contribution < 1.29 is 22.9 Å². The van der Waals surface area contributed by atoms with Crippen LogP contribution < -0.4 is 15.1 Å². The minimum absolute atomic E-state index is 0.0738. The van der Waals surface area contributed by atoms with Crippen LogP contribution >= 0.6 is 0 Å². The number of halogens is 1. The minimum atomic E-state index is -0.706. The molecule has 4 aliphatic rings. The van der Waals surface area contributed by atoms with Gasteiger partial charge in [-0.25, -0.2) is 9.18 Å². The van der Waals surface area contributed by atoms with Crippen LogP contribution in [0, 0.1) is 17.2 Å². The maximum Gasteiger partial charge on any atom is 0.414 e. The molecule has 156 valence electrons. The zero-order chi connectivity index (χ0) is 20.2. The number of nitrogens with one attached hydrogen (secondary N) is 1. The van der Waals surface area contributed by atoms with Gasteiger partial charge in [0.25, 0.3) is 0 Å². The van der Waals surface area contributed by atoms with Gasteiger partial charge in [-0.2, -0.15) is 0 Å². The van der Waals surface area contributed by atoms with Gasteiger partial charge in [0, 0.05) is 59.7 Å². The molecule has 1 atom stereocenters. The Bertz CT molecular complexity index is 874. The van der Waals surface area contributed by atoms with E-state index in [0.717, 1.165) is 25.9 Å². The van der Waals surface area contributed by atoms with E-state index in [9.17, 15) is 18.2 Å². The molecule has 1 saturated carbocycles. The van der Waals surface area contributed by atoms with Crippen LogP contribution in [0.4, 0.5) is 20.6 Å². The van der Waals surface area contributed by atoms with Crippen molar-refractivity contribution in [1.29, 1.82) is 0 Å². The van der Waals surface area contributed by atoms with Crippen LogP contribution in [0.25, 0.3) is 0 Å². The molecule has 29 heavy (non-hydrogen) atoms. The molecule has 1 aromatic rings. The van der Waals surface area contributed by atoms with Crippen LogP contribution in [0.2, 0.25) is 0 Å². The minimum Gasteiger partial charge on any atom is -0.444 e. The first kappa shape index (κ1) is 18.8. The Labute approximate surface area is 171 Å². The van der Waals surface area contributed by atoms with Gasteiger partial charge < -0.3 is 15.0 Å². The van der Waals surface area contributed by atoms with Gasteiger partial charge in [-0.15, -0.1) is 0 Å². The zero-order valence-corrected chi connectivity index (χ0v) is 16.9. The summed E-state index contributed by atoms with van der Waals surface area (Å²) in [6, 6.07) is 4.81. The Hall–Kier alpha value is -2.16. The molecular formula is C20H24FN3O4S. The molecule has 1 aromatic carbocycles. The Morgan fingerprint density at radius 1 is 1.31 bits per heavy atom. The average molecular weight is 421 g/mol. The highest BCUT2D eigenvalue weighted by molar-refractivity contribution is 7.86. The van der Waals surface area contributed by atoms with Gasteiger partial charge in [0.15, 0.2) is 0 Å². The quantitative estimate of drug-likeness (QED) is 0.756.